The zero-order valence-electron chi connectivity index (χ0n) is 22.3. The van der Waals surface area contributed by atoms with Gasteiger partial charge in [0.1, 0.15) is 22.8 Å². The fourth-order valence-corrected chi connectivity index (χ4v) is 6.21. The van der Waals surface area contributed by atoms with E-state index in [-0.39, 0.29) is 48.7 Å². The lowest BCUT2D eigenvalue weighted by molar-refractivity contribution is -0.144. The van der Waals surface area contributed by atoms with Gasteiger partial charge in [-0.3, -0.25) is 19.2 Å². The monoisotopic (exact) mass is 562 g/mol. The van der Waals surface area contributed by atoms with Gasteiger partial charge in [0.05, 0.1) is 18.7 Å². The summed E-state index contributed by atoms with van der Waals surface area (Å²) in [5.74, 6) is -6.95. The number of esters is 1. The van der Waals surface area contributed by atoms with E-state index in [1.165, 1.54) is 6.07 Å². The van der Waals surface area contributed by atoms with Crippen molar-refractivity contribution >= 4 is 23.4 Å². The molecule has 11 nitrogen and oxygen atoms in total. The van der Waals surface area contributed by atoms with Crippen molar-refractivity contribution in [2.45, 2.75) is 38.3 Å². The first-order chi connectivity index (χ1) is 19.5. The van der Waals surface area contributed by atoms with Crippen LogP contribution in [0.25, 0.3) is 11.1 Å². The number of benzene rings is 2. The van der Waals surface area contributed by atoms with Crippen molar-refractivity contribution < 1.29 is 44.3 Å². The average molecular weight is 563 g/mol. The molecule has 41 heavy (non-hydrogen) atoms. The molecule has 1 amide bonds. The van der Waals surface area contributed by atoms with Crippen LogP contribution in [0.3, 0.4) is 0 Å². The van der Waals surface area contributed by atoms with Crippen LogP contribution in [0.5, 0.6) is 5.75 Å². The molecule has 0 aromatic heterocycles. The van der Waals surface area contributed by atoms with Crippen LogP contribution in [0.15, 0.2) is 59.1 Å². The number of rotatable bonds is 7. The second-order valence-electron chi connectivity index (χ2n) is 10.5. The van der Waals surface area contributed by atoms with Crippen molar-refractivity contribution in [2.24, 2.45) is 17.6 Å². The number of carbonyl (C=O) groups excluding carboxylic acids is 4. The molecule has 2 aromatic carbocycles. The first kappa shape index (κ1) is 28.1. The van der Waals surface area contributed by atoms with Gasteiger partial charge in [-0.05, 0) is 54.0 Å². The van der Waals surface area contributed by atoms with Gasteiger partial charge in [-0.25, -0.2) is 0 Å². The number of hydrogen-bond donors (Lipinski definition) is 6. The molecule has 0 spiro atoms. The number of ether oxygens (including phenoxy) is 1. The van der Waals surface area contributed by atoms with Crippen molar-refractivity contribution in [3.05, 3.63) is 75.8 Å². The zero-order chi connectivity index (χ0) is 29.6. The maximum atomic E-state index is 13.7. The molecule has 5 rings (SSSR count). The summed E-state index contributed by atoms with van der Waals surface area (Å²) in [6.07, 6.45) is -0.0159. The molecule has 0 unspecified atom stereocenters. The second-order valence-corrected chi connectivity index (χ2v) is 10.5. The number of ketones is 2. The minimum atomic E-state index is -2.60. The Morgan fingerprint density at radius 3 is 2.44 bits per heavy atom. The van der Waals surface area contributed by atoms with Crippen molar-refractivity contribution in [3.63, 3.8) is 0 Å². The van der Waals surface area contributed by atoms with Crippen LogP contribution >= 0.6 is 0 Å². The van der Waals surface area contributed by atoms with Gasteiger partial charge in [0.15, 0.2) is 11.4 Å². The van der Waals surface area contributed by atoms with Crippen LogP contribution < -0.4 is 11.1 Å². The number of aliphatic hydroxyl groups excluding tert-OH is 2. The van der Waals surface area contributed by atoms with Gasteiger partial charge < -0.3 is 36.2 Å². The summed E-state index contributed by atoms with van der Waals surface area (Å²) >= 11 is 0. The number of primary amides is 1. The predicted molar refractivity (Wildman–Crippen MR) is 145 cm³/mol. The number of hydrogen-bond acceptors (Lipinski definition) is 10. The van der Waals surface area contributed by atoms with Gasteiger partial charge in [0.25, 0.3) is 5.91 Å². The lowest BCUT2D eigenvalue weighted by atomic mass is 9.60. The molecular weight excluding hydrogens is 532 g/mol. The number of Topliss-reactive ketones (excluding diaryl/α,β-unsaturated/α-hetero) is 2. The molecule has 0 fully saturated rings. The van der Waals surface area contributed by atoms with E-state index in [9.17, 15) is 39.6 Å². The summed E-state index contributed by atoms with van der Waals surface area (Å²) in [7, 11) is 0. The summed E-state index contributed by atoms with van der Waals surface area (Å²) in [6, 6.07) is 10.5. The average Bonchev–Trinajstić information content (AvgIpc) is 2.91. The van der Waals surface area contributed by atoms with Crippen molar-refractivity contribution in [1.82, 2.24) is 5.32 Å². The number of nitrogens with two attached hydrogens (primary N) is 1. The highest BCUT2D eigenvalue weighted by molar-refractivity contribution is 6.24. The third-order valence-electron chi connectivity index (χ3n) is 8.11. The quantitative estimate of drug-likeness (QED) is 0.214. The molecule has 0 bridgehead atoms. The molecule has 7 N–H and O–H groups in total. The number of allylic oxidation sites excluding steroid dienone is 2. The molecule has 3 atom stereocenters. The third-order valence-corrected chi connectivity index (χ3v) is 8.11. The molecule has 0 radical (unpaired) electrons. The first-order valence-electron chi connectivity index (χ1n) is 13.3. The normalized spacial score (nSPS) is 23.6. The fraction of sp³-hybridized carbons (Fsp3) is 0.333. The van der Waals surface area contributed by atoms with Crippen LogP contribution in [0.4, 0.5) is 0 Å². The van der Waals surface area contributed by atoms with E-state index in [4.69, 9.17) is 10.5 Å². The summed E-state index contributed by atoms with van der Waals surface area (Å²) in [6.45, 7) is 2.55. The second kappa shape index (κ2) is 10.5. The molecule has 11 heteroatoms. The standard InChI is InChI=1S/C30H30N2O9/c1-2-41-22(35)13-32-12-14-3-5-15(6-4-14)18-7-8-20(33)24-19(18)10-16-9-17-11-21(34)25(29(31)39)28(38)30(17,40)27(37)23(16)26(24)36/h3-8,16-17,32-34,37,40H,2,9-13H2,1H3,(H2,31,39)/t16-,17+,30+/m1/s1. The Morgan fingerprint density at radius 1 is 1.07 bits per heavy atom. The Balaban J connectivity index is 1.48. The van der Waals surface area contributed by atoms with E-state index < -0.39 is 52.0 Å². The summed E-state index contributed by atoms with van der Waals surface area (Å²) in [5, 5.41) is 46.6. The Morgan fingerprint density at radius 2 is 1.78 bits per heavy atom. The summed E-state index contributed by atoms with van der Waals surface area (Å²) < 4.78 is 4.90. The molecule has 214 valence electrons. The maximum absolute atomic E-state index is 13.7. The highest BCUT2D eigenvalue weighted by atomic mass is 16.5. The van der Waals surface area contributed by atoms with Gasteiger partial charge in [-0.1, -0.05) is 30.3 Å². The Labute approximate surface area is 234 Å². The molecule has 3 aliphatic rings. The lowest BCUT2D eigenvalue weighted by Crippen LogP contribution is -2.57. The smallest absolute Gasteiger partial charge is 0.319 e. The number of phenols is 1. The predicted octanol–water partition coefficient (Wildman–Crippen LogP) is 1.90. The van der Waals surface area contributed by atoms with Crippen molar-refractivity contribution in [3.8, 4) is 16.9 Å². The van der Waals surface area contributed by atoms with Crippen molar-refractivity contribution in [1.29, 1.82) is 0 Å². The highest BCUT2D eigenvalue weighted by Crippen LogP contribution is 2.52. The van der Waals surface area contributed by atoms with Crippen LogP contribution in [-0.2, 0) is 32.1 Å². The van der Waals surface area contributed by atoms with Gasteiger partial charge in [0.2, 0.25) is 5.78 Å². The van der Waals surface area contributed by atoms with Crippen LogP contribution in [0.1, 0.15) is 41.3 Å². The number of amides is 1. The Kier molecular flexibility index (Phi) is 7.18. The number of aromatic hydroxyl groups is 1. The number of carbonyl (C=O) groups is 4. The minimum Gasteiger partial charge on any atom is -0.511 e. The Hall–Kier alpha value is -4.48. The molecule has 0 heterocycles. The molecule has 0 saturated heterocycles. The van der Waals surface area contributed by atoms with Crippen LogP contribution in [-0.4, -0.2) is 62.6 Å². The molecule has 0 aliphatic heterocycles. The molecule has 0 saturated carbocycles. The van der Waals surface area contributed by atoms with Gasteiger partial charge >= 0.3 is 5.97 Å². The van der Waals surface area contributed by atoms with E-state index in [0.717, 1.165) is 11.1 Å². The molecule has 2 aromatic rings. The van der Waals surface area contributed by atoms with E-state index in [2.05, 4.69) is 5.32 Å². The molecule has 3 aliphatic carbocycles. The summed E-state index contributed by atoms with van der Waals surface area (Å²) in [5.41, 5.74) is 4.51. The maximum Gasteiger partial charge on any atom is 0.319 e. The van der Waals surface area contributed by atoms with E-state index in [1.54, 1.807) is 13.0 Å². The van der Waals surface area contributed by atoms with E-state index in [1.807, 2.05) is 24.3 Å². The number of nitrogens with one attached hydrogen (secondary N) is 1. The number of phenolic OH excluding ortho intramolecular Hbond substituents is 1. The SMILES string of the molecule is CCOC(=O)CNCc1ccc(-c2ccc(O)c3c2C[C@H]2C[C@H]4CC(O)=C(C(N)=O)C(=O)[C@@]4(O)C(O)=C2C3=O)cc1. The third kappa shape index (κ3) is 4.56. The fourth-order valence-electron chi connectivity index (χ4n) is 6.21. The highest BCUT2D eigenvalue weighted by Gasteiger charge is 2.59. The lowest BCUT2D eigenvalue weighted by Gasteiger charge is -2.45. The van der Waals surface area contributed by atoms with E-state index >= 15 is 0 Å². The first-order valence-corrected chi connectivity index (χ1v) is 13.3. The number of aliphatic hydroxyl groups is 3. The van der Waals surface area contributed by atoms with Gasteiger partial charge in [0, 0.05) is 24.5 Å². The number of fused-ring (bicyclic) bond motifs is 3. The van der Waals surface area contributed by atoms with Gasteiger partial charge in [-0.2, -0.15) is 0 Å². The van der Waals surface area contributed by atoms with E-state index in [0.29, 0.717) is 24.3 Å². The zero-order valence-corrected chi connectivity index (χ0v) is 22.3. The van der Waals surface area contributed by atoms with Crippen LogP contribution in [0, 0.1) is 11.8 Å². The minimum absolute atomic E-state index is 0.0423. The summed E-state index contributed by atoms with van der Waals surface area (Å²) in [4.78, 5) is 50.2. The topological polar surface area (TPSA) is 196 Å². The largest absolute Gasteiger partial charge is 0.511 e. The van der Waals surface area contributed by atoms with Gasteiger partial charge in [-0.15, -0.1) is 0 Å². The van der Waals surface area contributed by atoms with Crippen molar-refractivity contribution in [2.75, 3.05) is 13.2 Å². The molecular formula is C30H30N2O9. The Bertz CT molecular complexity index is 1540. The van der Waals surface area contributed by atoms with Crippen LogP contribution in [0.2, 0.25) is 0 Å².